The number of hydrogen-bond donors (Lipinski definition) is 0. The minimum Gasteiger partial charge on any atom is -0.870 e. The van der Waals surface area contributed by atoms with Gasteiger partial charge in [0.15, 0.2) is 0 Å². The summed E-state index contributed by atoms with van der Waals surface area (Å²) >= 11 is 0. The Kier molecular flexibility index (Phi) is 11.0. The first-order valence-electron chi connectivity index (χ1n) is 6.50. The molecule has 0 aromatic heterocycles. The van der Waals surface area contributed by atoms with Crippen molar-refractivity contribution >= 4 is 5.78 Å². The van der Waals surface area contributed by atoms with Crippen molar-refractivity contribution in [2.24, 2.45) is 0 Å². The third-order valence-electron chi connectivity index (χ3n) is 3.84. The van der Waals surface area contributed by atoms with Gasteiger partial charge >= 0.3 is 0 Å². The maximum absolute atomic E-state index is 10.2. The summed E-state index contributed by atoms with van der Waals surface area (Å²) in [6.07, 6.45) is 3.97. The molecule has 98 valence electrons. The van der Waals surface area contributed by atoms with Crippen LogP contribution < -0.4 is 0 Å². The number of Topliss-reactive ketones (excluding diaryl/α,β-unsaturated/α-hetero) is 1. The van der Waals surface area contributed by atoms with Gasteiger partial charge in [0, 0.05) is 12.8 Å². The van der Waals surface area contributed by atoms with Crippen molar-refractivity contribution < 1.29 is 14.8 Å². The Bertz CT molecular complexity index is 151. The van der Waals surface area contributed by atoms with Crippen LogP contribution in [0.15, 0.2) is 0 Å². The normalized spacial score (nSPS) is 15.1. The van der Waals surface area contributed by atoms with Crippen molar-refractivity contribution in [2.75, 3.05) is 26.2 Å². The van der Waals surface area contributed by atoms with Gasteiger partial charge in [0.25, 0.3) is 0 Å². The molecule has 0 saturated heterocycles. The van der Waals surface area contributed by atoms with Crippen LogP contribution in [-0.2, 0) is 4.79 Å². The second-order valence-corrected chi connectivity index (χ2v) is 4.35. The first-order valence-corrected chi connectivity index (χ1v) is 6.50. The zero-order valence-corrected chi connectivity index (χ0v) is 11.5. The van der Waals surface area contributed by atoms with Crippen LogP contribution in [0.5, 0.6) is 0 Å². The highest BCUT2D eigenvalue weighted by Crippen LogP contribution is 2.11. The lowest BCUT2D eigenvalue weighted by Crippen LogP contribution is -2.47. The minimum absolute atomic E-state index is 0. The van der Waals surface area contributed by atoms with Gasteiger partial charge in [0.2, 0.25) is 0 Å². The molecular weight excluding hydrogens is 202 g/mol. The van der Waals surface area contributed by atoms with E-state index in [0.29, 0.717) is 5.78 Å². The van der Waals surface area contributed by atoms with Crippen LogP contribution in [0.3, 0.4) is 0 Å². The van der Waals surface area contributed by atoms with Crippen LogP contribution in [0.25, 0.3) is 0 Å². The first kappa shape index (κ1) is 18.0. The lowest BCUT2D eigenvalue weighted by Gasteiger charge is -2.34. The van der Waals surface area contributed by atoms with E-state index in [1.807, 2.05) is 0 Å². The van der Waals surface area contributed by atoms with Gasteiger partial charge in [-0.15, -0.1) is 0 Å². The molecule has 0 radical (unpaired) electrons. The molecule has 1 rings (SSSR count). The largest absolute Gasteiger partial charge is 0.870 e. The van der Waals surface area contributed by atoms with Crippen molar-refractivity contribution in [3.05, 3.63) is 0 Å². The predicted molar refractivity (Wildman–Crippen MR) is 67.8 cm³/mol. The van der Waals surface area contributed by atoms with E-state index in [2.05, 4.69) is 27.7 Å². The van der Waals surface area contributed by atoms with Gasteiger partial charge < -0.3 is 9.96 Å². The quantitative estimate of drug-likeness (QED) is 0.698. The maximum atomic E-state index is 10.2. The lowest BCUT2D eigenvalue weighted by molar-refractivity contribution is -0.921. The van der Waals surface area contributed by atoms with Gasteiger partial charge in [-0.2, -0.15) is 0 Å². The molecule has 1 aliphatic rings. The molecule has 3 nitrogen and oxygen atoms in total. The molecule has 1 saturated carbocycles. The third-order valence-corrected chi connectivity index (χ3v) is 3.84. The molecule has 0 bridgehead atoms. The van der Waals surface area contributed by atoms with E-state index in [1.54, 1.807) is 0 Å². The number of rotatable bonds is 4. The fraction of sp³-hybridized carbons (Fsp3) is 0.923. The molecule has 0 unspecified atom stereocenters. The Morgan fingerprint density at radius 2 is 1.19 bits per heavy atom. The van der Waals surface area contributed by atoms with E-state index < -0.39 is 0 Å². The predicted octanol–water partition coefficient (Wildman–Crippen LogP) is 2.84. The smallest absolute Gasteiger partial charge is 0.132 e. The lowest BCUT2D eigenvalue weighted by atomic mass is 10.3. The fourth-order valence-electron chi connectivity index (χ4n) is 2.11. The molecule has 0 amide bonds. The Balaban J connectivity index is 0. The standard InChI is InChI=1S/C8H20N.C5H8O.H2O/c1-5-9(6-2,7-3)8-4;6-5-3-1-2-4-5;/h5-8H2,1-4H3;1-4H2;1H2/q+1;;/p-1. The summed E-state index contributed by atoms with van der Waals surface area (Å²) in [4.78, 5) is 10.2. The molecule has 1 aliphatic carbocycles. The van der Waals surface area contributed by atoms with E-state index in [4.69, 9.17) is 0 Å². The van der Waals surface area contributed by atoms with Crippen LogP contribution in [0.1, 0.15) is 53.4 Å². The molecule has 0 atom stereocenters. The summed E-state index contributed by atoms with van der Waals surface area (Å²) in [6, 6.07) is 0. The van der Waals surface area contributed by atoms with Crippen molar-refractivity contribution in [2.45, 2.75) is 53.4 Å². The molecule has 0 spiro atoms. The van der Waals surface area contributed by atoms with E-state index >= 15 is 0 Å². The highest BCUT2D eigenvalue weighted by atomic mass is 16.1. The number of carbonyl (C=O) groups is 1. The van der Waals surface area contributed by atoms with Crippen LogP contribution >= 0.6 is 0 Å². The summed E-state index contributed by atoms with van der Waals surface area (Å²) in [5.74, 6) is 0.454. The molecule has 3 heteroatoms. The molecule has 1 N–H and O–H groups in total. The SMILES string of the molecule is CC[N+](CC)(CC)CC.O=C1CCCC1.[OH-]. The zero-order chi connectivity index (χ0) is 11.7. The van der Waals surface area contributed by atoms with Crippen LogP contribution in [-0.4, -0.2) is 41.9 Å². The number of ketones is 1. The molecular formula is C13H29NO2. The average Bonchev–Trinajstić information content (AvgIpc) is 2.74. The molecule has 1 fully saturated rings. The number of quaternary nitrogens is 1. The Labute approximate surface area is 101 Å². The van der Waals surface area contributed by atoms with Crippen LogP contribution in [0.2, 0.25) is 0 Å². The van der Waals surface area contributed by atoms with Crippen molar-refractivity contribution in [1.82, 2.24) is 0 Å². The topological polar surface area (TPSA) is 47.1 Å². The Morgan fingerprint density at radius 1 is 0.875 bits per heavy atom. The number of nitrogens with zero attached hydrogens (tertiary/aromatic N) is 1. The van der Waals surface area contributed by atoms with Crippen LogP contribution in [0.4, 0.5) is 0 Å². The minimum atomic E-state index is 0. The van der Waals surface area contributed by atoms with E-state index in [-0.39, 0.29) is 5.48 Å². The van der Waals surface area contributed by atoms with Gasteiger partial charge in [0.05, 0.1) is 26.2 Å². The zero-order valence-electron chi connectivity index (χ0n) is 11.5. The average molecular weight is 231 g/mol. The van der Waals surface area contributed by atoms with E-state index in [0.717, 1.165) is 25.7 Å². The van der Waals surface area contributed by atoms with E-state index in [1.165, 1.54) is 30.7 Å². The third kappa shape index (κ3) is 6.23. The highest BCUT2D eigenvalue weighted by molar-refractivity contribution is 5.79. The second kappa shape index (κ2) is 9.79. The van der Waals surface area contributed by atoms with Crippen molar-refractivity contribution in [3.8, 4) is 0 Å². The molecule has 0 aromatic rings. The summed E-state index contributed by atoms with van der Waals surface area (Å²) in [6.45, 7) is 14.2. The molecule has 16 heavy (non-hydrogen) atoms. The summed E-state index contributed by atoms with van der Waals surface area (Å²) < 4.78 is 1.28. The molecule has 0 aromatic carbocycles. The number of carbonyl (C=O) groups excluding carboxylic acids is 1. The van der Waals surface area contributed by atoms with Gasteiger partial charge in [-0.05, 0) is 40.5 Å². The Hall–Kier alpha value is -0.410. The fourth-order valence-corrected chi connectivity index (χ4v) is 2.11. The number of hydrogen-bond acceptors (Lipinski definition) is 2. The summed E-state index contributed by atoms with van der Waals surface area (Å²) in [5, 5.41) is 0. The summed E-state index contributed by atoms with van der Waals surface area (Å²) in [5.41, 5.74) is 0. The maximum Gasteiger partial charge on any atom is 0.132 e. The highest BCUT2D eigenvalue weighted by Gasteiger charge is 2.16. The summed E-state index contributed by atoms with van der Waals surface area (Å²) in [7, 11) is 0. The first-order chi connectivity index (χ1) is 7.14. The van der Waals surface area contributed by atoms with Gasteiger partial charge in [-0.1, -0.05) is 0 Å². The van der Waals surface area contributed by atoms with Crippen molar-refractivity contribution in [1.29, 1.82) is 0 Å². The van der Waals surface area contributed by atoms with E-state index in [9.17, 15) is 4.79 Å². The molecule has 0 aliphatic heterocycles. The molecule has 0 heterocycles. The van der Waals surface area contributed by atoms with Crippen molar-refractivity contribution in [3.63, 3.8) is 0 Å². The van der Waals surface area contributed by atoms with Gasteiger partial charge in [-0.25, -0.2) is 0 Å². The monoisotopic (exact) mass is 231 g/mol. The van der Waals surface area contributed by atoms with Gasteiger partial charge in [0.1, 0.15) is 5.78 Å². The van der Waals surface area contributed by atoms with Crippen LogP contribution in [0, 0.1) is 0 Å². The van der Waals surface area contributed by atoms with Gasteiger partial charge in [-0.3, -0.25) is 4.79 Å². The second-order valence-electron chi connectivity index (χ2n) is 4.35. The Morgan fingerprint density at radius 3 is 1.25 bits per heavy atom.